The van der Waals surface area contributed by atoms with Crippen molar-refractivity contribution in [3.63, 3.8) is 0 Å². The van der Waals surface area contributed by atoms with Gasteiger partial charge in [0.25, 0.3) is 0 Å². The van der Waals surface area contributed by atoms with Crippen LogP contribution in [0.1, 0.15) is 36.6 Å². The molecular formula is C22H22FN7. The summed E-state index contributed by atoms with van der Waals surface area (Å²) in [6.45, 7) is 2.06. The number of nitrogens with one attached hydrogen (secondary N) is 2. The number of aryl methyl sites for hydroxylation is 1. The third kappa shape index (κ3) is 3.34. The second-order valence-electron chi connectivity index (χ2n) is 7.41. The minimum absolute atomic E-state index is 0.260. The fourth-order valence-corrected chi connectivity index (χ4v) is 4.01. The van der Waals surface area contributed by atoms with Gasteiger partial charge in [0.15, 0.2) is 11.6 Å². The Labute approximate surface area is 173 Å². The van der Waals surface area contributed by atoms with E-state index in [4.69, 9.17) is 0 Å². The molecule has 1 aliphatic carbocycles. The Hall–Kier alpha value is -3.55. The number of fused-ring (bicyclic) bond motifs is 1. The van der Waals surface area contributed by atoms with E-state index in [1.807, 2.05) is 16.9 Å². The summed E-state index contributed by atoms with van der Waals surface area (Å²) in [5.41, 5.74) is 5.31. The number of hydrogen-bond donors (Lipinski definition) is 2. The third-order valence-corrected chi connectivity index (χ3v) is 5.53. The van der Waals surface area contributed by atoms with Gasteiger partial charge in [-0.05, 0) is 61.9 Å². The molecule has 0 radical (unpaired) electrons. The molecule has 0 aliphatic heterocycles. The molecule has 0 saturated carbocycles. The highest BCUT2D eigenvalue weighted by Gasteiger charge is 2.18. The monoisotopic (exact) mass is 403 g/mol. The fourth-order valence-electron chi connectivity index (χ4n) is 4.01. The largest absolute Gasteiger partial charge is 0.323 e. The molecule has 0 unspecified atom stereocenters. The minimum atomic E-state index is -0.260. The van der Waals surface area contributed by atoms with Crippen molar-refractivity contribution in [1.82, 2.24) is 29.9 Å². The highest BCUT2D eigenvalue weighted by molar-refractivity contribution is 5.71. The van der Waals surface area contributed by atoms with Gasteiger partial charge in [0, 0.05) is 22.9 Å². The van der Waals surface area contributed by atoms with Crippen LogP contribution in [0.3, 0.4) is 0 Å². The topological polar surface area (TPSA) is 84.3 Å². The van der Waals surface area contributed by atoms with Gasteiger partial charge in [-0.25, -0.2) is 19.0 Å². The average molecular weight is 403 g/mol. The van der Waals surface area contributed by atoms with Gasteiger partial charge in [0.05, 0.1) is 11.9 Å². The first-order valence-electron chi connectivity index (χ1n) is 10.2. The number of halogens is 1. The van der Waals surface area contributed by atoms with Crippen molar-refractivity contribution in [2.75, 3.05) is 5.32 Å². The lowest BCUT2D eigenvalue weighted by Gasteiger charge is -2.13. The number of benzene rings is 1. The molecule has 4 aromatic rings. The van der Waals surface area contributed by atoms with Crippen LogP contribution in [-0.4, -0.2) is 29.9 Å². The summed E-state index contributed by atoms with van der Waals surface area (Å²) in [6, 6.07) is 8.27. The standard InChI is InChI=1S/C22H22FN7/c1-2-17-21(14-7-9-16(23)10-8-14)28-29-22(17)27-19-11-20(25-13-24-19)30-18-6-4-3-5-15(18)12-26-30/h7-13H,2-6H2,1H3,(H2,24,25,27,28,29). The first kappa shape index (κ1) is 18.5. The first-order valence-corrected chi connectivity index (χ1v) is 10.2. The van der Waals surface area contributed by atoms with Gasteiger partial charge in [0.2, 0.25) is 0 Å². The Kier molecular flexibility index (Phi) is 4.74. The third-order valence-electron chi connectivity index (χ3n) is 5.53. The summed E-state index contributed by atoms with van der Waals surface area (Å²) in [4.78, 5) is 8.78. The molecule has 1 aliphatic rings. The van der Waals surface area contributed by atoms with Gasteiger partial charge >= 0.3 is 0 Å². The van der Waals surface area contributed by atoms with Crippen LogP contribution in [0.4, 0.5) is 16.0 Å². The number of nitrogens with zero attached hydrogens (tertiary/aromatic N) is 5. The van der Waals surface area contributed by atoms with Crippen molar-refractivity contribution in [3.05, 3.63) is 65.5 Å². The molecule has 2 N–H and O–H groups in total. The van der Waals surface area contributed by atoms with Gasteiger partial charge in [-0.3, -0.25) is 5.10 Å². The lowest BCUT2D eigenvalue weighted by atomic mass is 9.98. The van der Waals surface area contributed by atoms with Crippen LogP contribution in [0.25, 0.3) is 17.1 Å². The fraction of sp³-hybridized carbons (Fsp3) is 0.273. The molecular weight excluding hydrogens is 381 g/mol. The van der Waals surface area contributed by atoms with E-state index in [2.05, 4.69) is 37.5 Å². The Morgan fingerprint density at radius 1 is 1.13 bits per heavy atom. The normalized spacial score (nSPS) is 13.3. The first-order chi connectivity index (χ1) is 14.7. The van der Waals surface area contributed by atoms with Crippen LogP contribution >= 0.6 is 0 Å². The smallest absolute Gasteiger partial charge is 0.159 e. The Morgan fingerprint density at radius 3 is 2.80 bits per heavy atom. The van der Waals surface area contributed by atoms with Crippen molar-refractivity contribution in [1.29, 1.82) is 0 Å². The molecule has 5 rings (SSSR count). The van der Waals surface area contributed by atoms with Crippen molar-refractivity contribution in [2.45, 2.75) is 39.0 Å². The van der Waals surface area contributed by atoms with E-state index in [1.54, 1.807) is 12.1 Å². The highest BCUT2D eigenvalue weighted by atomic mass is 19.1. The number of aromatic nitrogens is 6. The molecule has 0 spiro atoms. The van der Waals surface area contributed by atoms with Crippen molar-refractivity contribution < 1.29 is 4.39 Å². The zero-order valence-electron chi connectivity index (χ0n) is 16.7. The number of hydrogen-bond acceptors (Lipinski definition) is 5. The Morgan fingerprint density at radius 2 is 1.97 bits per heavy atom. The molecule has 0 amide bonds. The molecule has 3 heterocycles. The van der Waals surface area contributed by atoms with E-state index in [0.717, 1.165) is 41.9 Å². The van der Waals surface area contributed by atoms with Crippen molar-refractivity contribution in [3.8, 4) is 17.1 Å². The van der Waals surface area contributed by atoms with E-state index >= 15 is 0 Å². The predicted octanol–water partition coefficient (Wildman–Crippen LogP) is 4.38. The maximum absolute atomic E-state index is 13.3. The van der Waals surface area contributed by atoms with Gasteiger partial charge in [0.1, 0.15) is 18.0 Å². The van der Waals surface area contributed by atoms with Crippen LogP contribution in [-0.2, 0) is 19.3 Å². The van der Waals surface area contributed by atoms with Gasteiger partial charge in [-0.2, -0.15) is 10.2 Å². The number of aromatic amines is 1. The quantitative estimate of drug-likeness (QED) is 0.517. The van der Waals surface area contributed by atoms with Crippen molar-refractivity contribution >= 4 is 11.6 Å². The summed E-state index contributed by atoms with van der Waals surface area (Å²) in [6.07, 6.45) is 8.72. The van der Waals surface area contributed by atoms with Gasteiger partial charge < -0.3 is 5.32 Å². The Balaban J connectivity index is 1.45. The van der Waals surface area contributed by atoms with E-state index in [-0.39, 0.29) is 5.82 Å². The van der Waals surface area contributed by atoms with E-state index in [0.29, 0.717) is 11.6 Å². The molecule has 7 nitrogen and oxygen atoms in total. The summed E-state index contributed by atoms with van der Waals surface area (Å²) in [7, 11) is 0. The number of anilines is 2. The molecule has 0 fully saturated rings. The second-order valence-corrected chi connectivity index (χ2v) is 7.41. The molecule has 30 heavy (non-hydrogen) atoms. The zero-order valence-corrected chi connectivity index (χ0v) is 16.7. The van der Waals surface area contributed by atoms with Crippen LogP contribution < -0.4 is 5.32 Å². The van der Waals surface area contributed by atoms with E-state index in [9.17, 15) is 4.39 Å². The predicted molar refractivity (Wildman–Crippen MR) is 112 cm³/mol. The SMILES string of the molecule is CCc1c(Nc2cc(-n3ncc4c3CCCC4)ncn2)n[nH]c1-c1ccc(F)cc1. The highest BCUT2D eigenvalue weighted by Crippen LogP contribution is 2.29. The molecule has 152 valence electrons. The zero-order chi connectivity index (χ0) is 20.5. The number of H-pyrrole nitrogens is 1. The molecule has 8 heteroatoms. The molecule has 3 aromatic heterocycles. The molecule has 0 bridgehead atoms. The van der Waals surface area contributed by atoms with Crippen LogP contribution in [0.15, 0.2) is 42.9 Å². The van der Waals surface area contributed by atoms with E-state index in [1.165, 1.54) is 42.6 Å². The second kappa shape index (κ2) is 7.70. The average Bonchev–Trinajstić information content (AvgIpc) is 3.38. The van der Waals surface area contributed by atoms with Gasteiger partial charge in [-0.1, -0.05) is 6.92 Å². The summed E-state index contributed by atoms with van der Waals surface area (Å²) >= 11 is 0. The van der Waals surface area contributed by atoms with Crippen LogP contribution in [0.2, 0.25) is 0 Å². The Bertz CT molecular complexity index is 1180. The van der Waals surface area contributed by atoms with Crippen molar-refractivity contribution in [2.24, 2.45) is 0 Å². The molecule has 0 atom stereocenters. The number of rotatable bonds is 5. The maximum Gasteiger partial charge on any atom is 0.159 e. The maximum atomic E-state index is 13.3. The van der Waals surface area contributed by atoms with Crippen LogP contribution in [0, 0.1) is 5.82 Å². The summed E-state index contributed by atoms with van der Waals surface area (Å²) in [5.74, 6) is 1.82. The molecule has 1 aromatic carbocycles. The van der Waals surface area contributed by atoms with Crippen LogP contribution in [0.5, 0.6) is 0 Å². The van der Waals surface area contributed by atoms with E-state index < -0.39 is 0 Å². The summed E-state index contributed by atoms with van der Waals surface area (Å²) < 4.78 is 15.2. The minimum Gasteiger partial charge on any atom is -0.323 e. The molecule has 0 saturated heterocycles. The lowest BCUT2D eigenvalue weighted by Crippen LogP contribution is -2.10. The summed E-state index contributed by atoms with van der Waals surface area (Å²) in [5, 5.41) is 15.3. The van der Waals surface area contributed by atoms with Gasteiger partial charge in [-0.15, -0.1) is 0 Å². The lowest BCUT2D eigenvalue weighted by molar-refractivity contribution is 0.628.